The number of aromatic nitrogens is 3. The van der Waals surface area contributed by atoms with Crippen molar-refractivity contribution in [2.75, 3.05) is 11.9 Å². The van der Waals surface area contributed by atoms with E-state index in [2.05, 4.69) is 20.3 Å². The van der Waals surface area contributed by atoms with Crippen LogP contribution in [0.1, 0.15) is 41.0 Å². The quantitative estimate of drug-likeness (QED) is 0.835. The fourth-order valence-corrected chi connectivity index (χ4v) is 3.37. The zero-order valence-electron chi connectivity index (χ0n) is 13.0. The van der Waals surface area contributed by atoms with Crippen LogP contribution in [-0.4, -0.2) is 33.4 Å². The number of esters is 1. The van der Waals surface area contributed by atoms with Crippen molar-refractivity contribution in [1.82, 2.24) is 15.0 Å². The van der Waals surface area contributed by atoms with Crippen molar-refractivity contribution in [2.24, 2.45) is 5.92 Å². The molecule has 2 aromatic heterocycles. The molecule has 1 aliphatic carbocycles. The zero-order chi connectivity index (χ0) is 16.4. The number of rotatable bonds is 4. The number of carbonyl (C=O) groups excluding carboxylic acids is 2. The molecular weight excluding hydrogens is 316 g/mol. The summed E-state index contributed by atoms with van der Waals surface area (Å²) in [5, 5.41) is 4.80. The van der Waals surface area contributed by atoms with Gasteiger partial charge in [0.2, 0.25) is 5.91 Å². The third-order valence-corrected chi connectivity index (χ3v) is 4.51. The fraction of sp³-hybridized carbons (Fsp3) is 0.467. The second-order valence-electron chi connectivity index (χ2n) is 5.43. The Hall–Kier alpha value is -2.22. The van der Waals surface area contributed by atoms with Gasteiger partial charge in [-0.2, -0.15) is 0 Å². The fourth-order valence-electron chi connectivity index (χ4n) is 2.68. The molecule has 1 unspecified atom stereocenters. The van der Waals surface area contributed by atoms with Gasteiger partial charge in [0, 0.05) is 23.4 Å². The smallest absolute Gasteiger partial charge is 0.357 e. The lowest BCUT2D eigenvalue weighted by molar-refractivity contribution is -0.120. The van der Waals surface area contributed by atoms with E-state index in [1.165, 1.54) is 11.3 Å². The number of nitrogens with zero attached hydrogens (tertiary/aromatic N) is 2. The molecule has 23 heavy (non-hydrogen) atoms. The summed E-state index contributed by atoms with van der Waals surface area (Å²) < 4.78 is 4.89. The van der Waals surface area contributed by atoms with E-state index >= 15 is 0 Å². The summed E-state index contributed by atoms with van der Waals surface area (Å²) in [6, 6.07) is 0. The third-order valence-electron chi connectivity index (χ3n) is 3.75. The number of imidazole rings is 1. The van der Waals surface area contributed by atoms with Crippen molar-refractivity contribution in [1.29, 1.82) is 0 Å². The molecule has 0 radical (unpaired) electrons. The highest BCUT2D eigenvalue weighted by molar-refractivity contribution is 7.14. The van der Waals surface area contributed by atoms with Crippen molar-refractivity contribution in [2.45, 2.75) is 33.1 Å². The van der Waals surface area contributed by atoms with Crippen LogP contribution in [0.25, 0.3) is 0 Å². The molecule has 0 fully saturated rings. The molecule has 0 aliphatic heterocycles. The number of nitrogens with one attached hydrogen (secondary N) is 2. The first-order valence-electron chi connectivity index (χ1n) is 7.54. The summed E-state index contributed by atoms with van der Waals surface area (Å²) in [5.74, 6) is 0.222. The van der Waals surface area contributed by atoms with Crippen LogP contribution in [0.15, 0.2) is 5.38 Å². The molecule has 3 rings (SSSR count). The molecule has 7 nitrogen and oxygen atoms in total. The minimum absolute atomic E-state index is 0.0762. The minimum atomic E-state index is -0.473. The molecule has 0 saturated carbocycles. The van der Waals surface area contributed by atoms with E-state index < -0.39 is 5.97 Å². The van der Waals surface area contributed by atoms with E-state index in [1.54, 1.807) is 12.3 Å². The number of carbonyl (C=O) groups is 2. The highest BCUT2D eigenvalue weighted by atomic mass is 32.1. The predicted octanol–water partition coefficient (Wildman–Crippen LogP) is 2.09. The average molecular weight is 334 g/mol. The summed E-state index contributed by atoms with van der Waals surface area (Å²) in [4.78, 5) is 35.7. The van der Waals surface area contributed by atoms with Crippen LogP contribution >= 0.6 is 11.3 Å². The number of H-pyrrole nitrogens is 1. The van der Waals surface area contributed by atoms with E-state index in [-0.39, 0.29) is 17.5 Å². The molecule has 0 spiro atoms. The lowest BCUT2D eigenvalue weighted by Crippen LogP contribution is -2.28. The Morgan fingerprint density at radius 2 is 2.30 bits per heavy atom. The van der Waals surface area contributed by atoms with Gasteiger partial charge in [0.25, 0.3) is 0 Å². The number of amides is 1. The van der Waals surface area contributed by atoms with Crippen LogP contribution in [0.5, 0.6) is 0 Å². The molecule has 2 aromatic rings. The lowest BCUT2D eigenvalue weighted by Gasteiger charge is -2.19. The second kappa shape index (κ2) is 6.49. The molecule has 1 amide bonds. The van der Waals surface area contributed by atoms with Crippen LogP contribution in [-0.2, 0) is 22.4 Å². The van der Waals surface area contributed by atoms with Gasteiger partial charge in [-0.15, -0.1) is 11.3 Å². The number of ether oxygens (including phenoxy) is 1. The molecule has 2 N–H and O–H groups in total. The maximum atomic E-state index is 12.4. The Morgan fingerprint density at radius 3 is 3.09 bits per heavy atom. The highest BCUT2D eigenvalue weighted by Crippen LogP contribution is 2.25. The minimum Gasteiger partial charge on any atom is -0.461 e. The summed E-state index contributed by atoms with van der Waals surface area (Å²) >= 11 is 1.22. The molecule has 1 atom stereocenters. The standard InChI is InChI=1S/C15H18N4O3S/c1-3-22-14(21)12-7-23-15(18-12)19-13(20)9-4-5-10-11(6-9)17-8(2)16-10/h7,9H,3-6H2,1-2H3,(H,16,17)(H,18,19,20). The first-order chi connectivity index (χ1) is 11.1. The zero-order valence-corrected chi connectivity index (χ0v) is 13.8. The van der Waals surface area contributed by atoms with Crippen molar-refractivity contribution in [3.63, 3.8) is 0 Å². The van der Waals surface area contributed by atoms with Gasteiger partial charge in [-0.05, 0) is 26.7 Å². The van der Waals surface area contributed by atoms with E-state index in [0.29, 0.717) is 18.2 Å². The van der Waals surface area contributed by atoms with Gasteiger partial charge in [0.05, 0.1) is 12.3 Å². The average Bonchev–Trinajstić information content (AvgIpc) is 3.12. The third kappa shape index (κ3) is 3.42. The topological polar surface area (TPSA) is 97.0 Å². The van der Waals surface area contributed by atoms with Gasteiger partial charge in [-0.1, -0.05) is 0 Å². The molecule has 2 heterocycles. The molecule has 8 heteroatoms. The van der Waals surface area contributed by atoms with Crippen LogP contribution in [0.2, 0.25) is 0 Å². The maximum Gasteiger partial charge on any atom is 0.357 e. The van der Waals surface area contributed by atoms with Crippen LogP contribution < -0.4 is 5.32 Å². The Balaban J connectivity index is 1.63. The van der Waals surface area contributed by atoms with E-state index in [1.807, 2.05) is 6.92 Å². The Kier molecular flexibility index (Phi) is 4.42. The number of thiazole rings is 1. The van der Waals surface area contributed by atoms with Crippen molar-refractivity contribution in [3.8, 4) is 0 Å². The largest absolute Gasteiger partial charge is 0.461 e. The monoisotopic (exact) mass is 334 g/mol. The van der Waals surface area contributed by atoms with Crippen molar-refractivity contribution < 1.29 is 14.3 Å². The van der Waals surface area contributed by atoms with Gasteiger partial charge in [-0.25, -0.2) is 14.8 Å². The first-order valence-corrected chi connectivity index (χ1v) is 8.42. The van der Waals surface area contributed by atoms with Gasteiger partial charge in [0.15, 0.2) is 10.8 Å². The van der Waals surface area contributed by atoms with Crippen molar-refractivity contribution >= 4 is 28.3 Å². The van der Waals surface area contributed by atoms with Crippen molar-refractivity contribution in [3.05, 3.63) is 28.3 Å². The number of hydrogen-bond acceptors (Lipinski definition) is 6. The Bertz CT molecular complexity index is 737. The Labute approximate surface area is 137 Å². The maximum absolute atomic E-state index is 12.4. The number of aromatic amines is 1. The summed E-state index contributed by atoms with van der Waals surface area (Å²) in [7, 11) is 0. The SMILES string of the molecule is CCOC(=O)c1csc(NC(=O)C2CCc3nc(C)[nH]c3C2)n1. The molecule has 1 aliphatic rings. The van der Waals surface area contributed by atoms with Gasteiger partial charge in [0.1, 0.15) is 5.82 Å². The molecule has 0 saturated heterocycles. The normalized spacial score (nSPS) is 16.7. The predicted molar refractivity (Wildman–Crippen MR) is 85.5 cm³/mol. The number of anilines is 1. The lowest BCUT2D eigenvalue weighted by atomic mass is 9.89. The van der Waals surface area contributed by atoms with E-state index in [4.69, 9.17) is 4.74 Å². The highest BCUT2D eigenvalue weighted by Gasteiger charge is 2.27. The van der Waals surface area contributed by atoms with Gasteiger partial charge < -0.3 is 15.0 Å². The molecule has 0 aromatic carbocycles. The second-order valence-corrected chi connectivity index (χ2v) is 6.29. The van der Waals surface area contributed by atoms with Crippen LogP contribution in [0.4, 0.5) is 5.13 Å². The first kappa shape index (κ1) is 15.7. The summed E-state index contributed by atoms with van der Waals surface area (Å²) in [6.45, 7) is 3.95. The molecule has 122 valence electrons. The van der Waals surface area contributed by atoms with Crippen LogP contribution in [0.3, 0.4) is 0 Å². The number of hydrogen-bond donors (Lipinski definition) is 2. The van der Waals surface area contributed by atoms with E-state index in [9.17, 15) is 9.59 Å². The number of aryl methyl sites for hydroxylation is 2. The number of fused-ring (bicyclic) bond motifs is 1. The van der Waals surface area contributed by atoms with Crippen LogP contribution in [0, 0.1) is 12.8 Å². The summed E-state index contributed by atoms with van der Waals surface area (Å²) in [5.41, 5.74) is 2.33. The van der Waals surface area contributed by atoms with Gasteiger partial charge in [-0.3, -0.25) is 4.79 Å². The van der Waals surface area contributed by atoms with E-state index in [0.717, 1.165) is 30.1 Å². The summed E-state index contributed by atoms with van der Waals surface area (Å²) in [6.07, 6.45) is 2.21. The molecule has 0 bridgehead atoms. The molecular formula is C15H18N4O3S. The van der Waals surface area contributed by atoms with Gasteiger partial charge >= 0.3 is 5.97 Å². The Morgan fingerprint density at radius 1 is 1.48 bits per heavy atom.